The number of likely N-dealkylation sites (tertiary alicyclic amines) is 2. The Morgan fingerprint density at radius 2 is 1.83 bits per heavy atom. The van der Waals surface area contributed by atoms with Crippen molar-refractivity contribution in [2.75, 3.05) is 32.7 Å². The van der Waals surface area contributed by atoms with Crippen molar-refractivity contribution in [1.82, 2.24) is 20.4 Å². The van der Waals surface area contributed by atoms with E-state index < -0.39 is 0 Å². The normalized spacial score (nSPS) is 27.5. The van der Waals surface area contributed by atoms with Gasteiger partial charge in [0.2, 0.25) is 17.7 Å². The van der Waals surface area contributed by atoms with Gasteiger partial charge in [-0.1, -0.05) is 13.8 Å². The first-order valence-electron chi connectivity index (χ1n) is 11.1. The van der Waals surface area contributed by atoms with Crippen LogP contribution in [0.2, 0.25) is 0 Å². The van der Waals surface area contributed by atoms with Gasteiger partial charge >= 0.3 is 0 Å². The summed E-state index contributed by atoms with van der Waals surface area (Å²) in [6, 6.07) is -0.362. The Balaban J connectivity index is 0.00000300. The molecule has 3 unspecified atom stereocenters. The zero-order valence-corrected chi connectivity index (χ0v) is 18.6. The summed E-state index contributed by atoms with van der Waals surface area (Å²) in [5, 5.41) is 6.30. The fourth-order valence-electron chi connectivity index (χ4n) is 4.70. The van der Waals surface area contributed by atoms with Gasteiger partial charge in [0.15, 0.2) is 0 Å². The lowest BCUT2D eigenvalue weighted by Gasteiger charge is -2.41. The molecule has 0 aromatic rings. The molecule has 0 aliphatic carbocycles. The van der Waals surface area contributed by atoms with E-state index in [2.05, 4.69) is 10.6 Å². The highest BCUT2D eigenvalue weighted by Crippen LogP contribution is 2.24. The summed E-state index contributed by atoms with van der Waals surface area (Å²) in [6.45, 7) is 7.46. The van der Waals surface area contributed by atoms with E-state index in [1.165, 1.54) is 0 Å². The number of carbonyl (C=O) groups excluding carboxylic acids is 3. The molecule has 29 heavy (non-hydrogen) atoms. The van der Waals surface area contributed by atoms with Gasteiger partial charge in [-0.05, 0) is 57.4 Å². The zero-order chi connectivity index (χ0) is 20.1. The smallest absolute Gasteiger partial charge is 0.245 e. The van der Waals surface area contributed by atoms with Crippen LogP contribution in [0.25, 0.3) is 0 Å². The molecule has 0 aromatic heterocycles. The average Bonchev–Trinajstić information content (AvgIpc) is 3.26. The molecule has 0 saturated carbocycles. The minimum absolute atomic E-state index is 0. The average molecular weight is 429 g/mol. The van der Waals surface area contributed by atoms with Crippen LogP contribution in [0.1, 0.15) is 58.8 Å². The second-order valence-electron chi connectivity index (χ2n) is 8.88. The molecular formula is C21H37ClN4O3. The van der Waals surface area contributed by atoms with Crippen molar-refractivity contribution < 1.29 is 14.4 Å². The van der Waals surface area contributed by atoms with Crippen molar-refractivity contribution in [3.05, 3.63) is 0 Å². The van der Waals surface area contributed by atoms with E-state index in [9.17, 15) is 14.4 Å². The maximum atomic E-state index is 13.2. The Morgan fingerprint density at radius 3 is 2.52 bits per heavy atom. The van der Waals surface area contributed by atoms with Crippen molar-refractivity contribution in [1.29, 1.82) is 0 Å². The van der Waals surface area contributed by atoms with Crippen LogP contribution < -0.4 is 10.6 Å². The van der Waals surface area contributed by atoms with Gasteiger partial charge in [-0.2, -0.15) is 0 Å². The largest absolute Gasteiger partial charge is 0.354 e. The molecule has 3 saturated heterocycles. The summed E-state index contributed by atoms with van der Waals surface area (Å²) in [7, 11) is 0. The first kappa shape index (κ1) is 23.9. The predicted octanol–water partition coefficient (Wildman–Crippen LogP) is 1.55. The molecule has 0 spiro atoms. The third-order valence-corrected chi connectivity index (χ3v) is 6.34. The number of rotatable bonds is 5. The van der Waals surface area contributed by atoms with Gasteiger partial charge in [-0.25, -0.2) is 0 Å². The second-order valence-corrected chi connectivity index (χ2v) is 8.88. The molecule has 3 fully saturated rings. The molecule has 2 N–H and O–H groups in total. The number of halogens is 1. The fraction of sp³-hybridized carbons (Fsp3) is 0.857. The van der Waals surface area contributed by atoms with Crippen LogP contribution in [-0.2, 0) is 14.4 Å². The number of hydrogen-bond acceptors (Lipinski definition) is 4. The number of nitrogens with one attached hydrogen (secondary N) is 2. The van der Waals surface area contributed by atoms with Crippen molar-refractivity contribution >= 4 is 30.1 Å². The third kappa shape index (κ3) is 6.07. The molecule has 3 aliphatic rings. The standard InChI is InChI=1S/C21H36N4O3.ClH/c1-15(2)20(27)25-12-4-3-9-18(25)21(28)24-11-6-7-16(14-24)13-23-19(26)17-8-5-10-22-17;/h15-18,22H,3-14H2,1-2H3,(H,23,26);1H. The predicted molar refractivity (Wildman–Crippen MR) is 115 cm³/mol. The second kappa shape index (κ2) is 11.2. The fourth-order valence-corrected chi connectivity index (χ4v) is 4.70. The van der Waals surface area contributed by atoms with E-state index in [1.807, 2.05) is 23.6 Å². The van der Waals surface area contributed by atoms with Gasteiger partial charge in [0.25, 0.3) is 0 Å². The SMILES string of the molecule is CC(C)C(=O)N1CCCCC1C(=O)N1CCCC(CNC(=O)C2CCCN2)C1.Cl. The molecule has 3 atom stereocenters. The molecule has 166 valence electrons. The van der Waals surface area contributed by atoms with Gasteiger partial charge in [0, 0.05) is 32.1 Å². The zero-order valence-electron chi connectivity index (χ0n) is 17.8. The lowest BCUT2D eigenvalue weighted by atomic mass is 9.94. The van der Waals surface area contributed by atoms with E-state index in [1.54, 1.807) is 0 Å². The highest BCUT2D eigenvalue weighted by atomic mass is 35.5. The van der Waals surface area contributed by atoms with Crippen LogP contribution in [0.3, 0.4) is 0 Å². The van der Waals surface area contributed by atoms with Crippen molar-refractivity contribution in [2.24, 2.45) is 11.8 Å². The van der Waals surface area contributed by atoms with Crippen molar-refractivity contribution in [2.45, 2.75) is 70.9 Å². The topological polar surface area (TPSA) is 81.8 Å². The minimum atomic E-state index is -0.306. The van der Waals surface area contributed by atoms with Crippen LogP contribution in [0, 0.1) is 11.8 Å². The van der Waals surface area contributed by atoms with Crippen molar-refractivity contribution in [3.63, 3.8) is 0 Å². The molecule has 3 amide bonds. The molecule has 3 rings (SSSR count). The summed E-state index contributed by atoms with van der Waals surface area (Å²) < 4.78 is 0. The van der Waals surface area contributed by atoms with E-state index in [4.69, 9.17) is 0 Å². The van der Waals surface area contributed by atoms with Gasteiger partial charge in [-0.3, -0.25) is 14.4 Å². The van der Waals surface area contributed by atoms with E-state index in [0.717, 1.165) is 58.0 Å². The summed E-state index contributed by atoms with van der Waals surface area (Å²) in [6.07, 6.45) is 6.69. The number of nitrogens with zero attached hydrogens (tertiary/aromatic N) is 2. The van der Waals surface area contributed by atoms with E-state index in [-0.39, 0.29) is 48.1 Å². The Morgan fingerprint density at radius 1 is 1.03 bits per heavy atom. The number of piperidine rings is 2. The lowest BCUT2D eigenvalue weighted by Crippen LogP contribution is -2.56. The summed E-state index contributed by atoms with van der Waals surface area (Å²) in [5.74, 6) is 0.481. The van der Waals surface area contributed by atoms with Crippen LogP contribution in [0.4, 0.5) is 0 Å². The number of hydrogen-bond donors (Lipinski definition) is 2. The number of amides is 3. The Labute approximate surface area is 180 Å². The number of carbonyl (C=O) groups is 3. The molecule has 0 radical (unpaired) electrons. The van der Waals surface area contributed by atoms with Gasteiger partial charge < -0.3 is 20.4 Å². The van der Waals surface area contributed by atoms with Crippen molar-refractivity contribution in [3.8, 4) is 0 Å². The lowest BCUT2D eigenvalue weighted by molar-refractivity contribution is -0.150. The molecule has 0 aromatic carbocycles. The Hall–Kier alpha value is -1.34. The molecule has 3 aliphatic heterocycles. The minimum Gasteiger partial charge on any atom is -0.354 e. The highest BCUT2D eigenvalue weighted by Gasteiger charge is 2.37. The Bertz CT molecular complexity index is 580. The highest BCUT2D eigenvalue weighted by molar-refractivity contribution is 5.88. The van der Waals surface area contributed by atoms with Crippen LogP contribution in [0.15, 0.2) is 0 Å². The molecule has 8 heteroatoms. The van der Waals surface area contributed by atoms with Gasteiger partial charge in [-0.15, -0.1) is 12.4 Å². The van der Waals surface area contributed by atoms with Crippen LogP contribution >= 0.6 is 12.4 Å². The summed E-state index contributed by atoms with van der Waals surface area (Å²) in [5.41, 5.74) is 0. The quantitative estimate of drug-likeness (QED) is 0.696. The monoisotopic (exact) mass is 428 g/mol. The maximum Gasteiger partial charge on any atom is 0.245 e. The Kier molecular flexibility index (Phi) is 9.21. The van der Waals surface area contributed by atoms with E-state index >= 15 is 0 Å². The first-order valence-corrected chi connectivity index (χ1v) is 11.1. The maximum absolute atomic E-state index is 13.2. The summed E-state index contributed by atoms with van der Waals surface area (Å²) >= 11 is 0. The summed E-state index contributed by atoms with van der Waals surface area (Å²) in [4.78, 5) is 41.8. The molecule has 0 bridgehead atoms. The molecule has 7 nitrogen and oxygen atoms in total. The first-order chi connectivity index (χ1) is 13.5. The van der Waals surface area contributed by atoms with Crippen LogP contribution in [0.5, 0.6) is 0 Å². The van der Waals surface area contributed by atoms with Gasteiger partial charge in [0.05, 0.1) is 6.04 Å². The van der Waals surface area contributed by atoms with E-state index in [0.29, 0.717) is 25.6 Å². The molecule has 3 heterocycles. The van der Waals surface area contributed by atoms with Gasteiger partial charge in [0.1, 0.15) is 6.04 Å². The third-order valence-electron chi connectivity index (χ3n) is 6.34. The van der Waals surface area contributed by atoms with Crippen LogP contribution in [-0.4, -0.2) is 72.3 Å². The molecular weight excluding hydrogens is 392 g/mol.